The van der Waals surface area contributed by atoms with Gasteiger partial charge in [-0.25, -0.2) is 0 Å². The zero-order valence-corrected chi connectivity index (χ0v) is 16.2. The Balaban J connectivity index is 2.13. The molecule has 0 bridgehead atoms. The first-order valence-electron chi connectivity index (χ1n) is 8.47. The van der Waals surface area contributed by atoms with Gasteiger partial charge < -0.3 is 14.8 Å². The average molecular weight is 380 g/mol. The number of imide groups is 1. The van der Waals surface area contributed by atoms with Gasteiger partial charge in [-0.15, -0.1) is 11.8 Å². The van der Waals surface area contributed by atoms with Crippen LogP contribution in [0.2, 0.25) is 0 Å². The molecular formula is C18H24N2O5S. The van der Waals surface area contributed by atoms with Crippen LogP contribution in [-0.2, 0) is 14.4 Å². The van der Waals surface area contributed by atoms with Crippen LogP contribution in [0.4, 0.5) is 5.69 Å². The minimum absolute atomic E-state index is 0.291. The van der Waals surface area contributed by atoms with Crippen molar-refractivity contribution in [3.63, 3.8) is 0 Å². The molecular weight excluding hydrogens is 356 g/mol. The van der Waals surface area contributed by atoms with E-state index >= 15 is 0 Å². The van der Waals surface area contributed by atoms with Gasteiger partial charge in [-0.1, -0.05) is 13.8 Å². The van der Waals surface area contributed by atoms with Gasteiger partial charge in [0.25, 0.3) is 0 Å². The Morgan fingerprint density at radius 2 is 1.73 bits per heavy atom. The number of carbonyl (C=O) groups excluding carboxylic acids is 3. The van der Waals surface area contributed by atoms with Crippen molar-refractivity contribution in [2.45, 2.75) is 37.2 Å². The fourth-order valence-electron chi connectivity index (χ4n) is 2.70. The molecule has 142 valence electrons. The number of carbonyl (C=O) groups is 3. The molecule has 1 aromatic carbocycles. The first kappa shape index (κ1) is 20.1. The number of hydrogen-bond donors (Lipinski definition) is 1. The van der Waals surface area contributed by atoms with Crippen molar-refractivity contribution >= 4 is 35.2 Å². The van der Waals surface area contributed by atoms with E-state index in [0.717, 1.165) is 4.90 Å². The van der Waals surface area contributed by atoms with Crippen LogP contribution in [0.15, 0.2) is 18.2 Å². The molecule has 3 amide bonds. The number of amides is 3. The first-order valence-corrected chi connectivity index (χ1v) is 9.41. The Kier molecular flexibility index (Phi) is 6.90. The number of rotatable bonds is 7. The Bertz CT molecular complexity index is 672. The van der Waals surface area contributed by atoms with Gasteiger partial charge in [0.15, 0.2) is 0 Å². The molecule has 0 aromatic heterocycles. The van der Waals surface area contributed by atoms with Crippen molar-refractivity contribution in [1.82, 2.24) is 4.90 Å². The van der Waals surface area contributed by atoms with Crippen molar-refractivity contribution in [3.8, 4) is 11.5 Å². The molecule has 1 heterocycles. The summed E-state index contributed by atoms with van der Waals surface area (Å²) in [5, 5.41) is 2.11. The SMILES string of the molecule is CC[C@@H]1S[C@@H](CC)C(=O)N(CC(=O)Nc2ccc(OC)cc2OC)C1=O. The molecule has 1 aliphatic rings. The Morgan fingerprint density at radius 3 is 2.23 bits per heavy atom. The maximum atomic E-state index is 12.5. The Hall–Kier alpha value is -2.22. The molecule has 1 N–H and O–H groups in total. The van der Waals surface area contributed by atoms with Gasteiger partial charge >= 0.3 is 0 Å². The third-order valence-corrected chi connectivity index (χ3v) is 5.86. The highest BCUT2D eigenvalue weighted by molar-refractivity contribution is 8.02. The van der Waals surface area contributed by atoms with E-state index in [1.165, 1.54) is 26.0 Å². The van der Waals surface area contributed by atoms with Crippen molar-refractivity contribution in [3.05, 3.63) is 18.2 Å². The zero-order valence-electron chi connectivity index (χ0n) is 15.4. The maximum absolute atomic E-state index is 12.5. The minimum Gasteiger partial charge on any atom is -0.497 e. The summed E-state index contributed by atoms with van der Waals surface area (Å²) < 4.78 is 10.4. The van der Waals surface area contributed by atoms with E-state index in [4.69, 9.17) is 9.47 Å². The second kappa shape index (κ2) is 8.93. The van der Waals surface area contributed by atoms with Crippen LogP contribution in [0.1, 0.15) is 26.7 Å². The number of nitrogens with one attached hydrogen (secondary N) is 1. The van der Waals surface area contributed by atoms with E-state index in [1.54, 1.807) is 18.2 Å². The second-order valence-corrected chi connectivity index (χ2v) is 7.22. The van der Waals surface area contributed by atoms with E-state index in [1.807, 2.05) is 13.8 Å². The van der Waals surface area contributed by atoms with Crippen LogP contribution in [0.5, 0.6) is 11.5 Å². The molecule has 1 saturated heterocycles. The molecule has 0 saturated carbocycles. The summed E-state index contributed by atoms with van der Waals surface area (Å²) in [5.41, 5.74) is 0.448. The zero-order chi connectivity index (χ0) is 19.3. The van der Waals surface area contributed by atoms with Gasteiger partial charge in [0.2, 0.25) is 17.7 Å². The summed E-state index contributed by atoms with van der Waals surface area (Å²) in [6.07, 6.45) is 1.25. The van der Waals surface area contributed by atoms with E-state index in [0.29, 0.717) is 30.0 Å². The first-order chi connectivity index (χ1) is 12.4. The number of nitrogens with zero attached hydrogens (tertiary/aromatic N) is 1. The third kappa shape index (κ3) is 4.30. The van der Waals surface area contributed by atoms with Gasteiger partial charge in [0.05, 0.1) is 30.4 Å². The third-order valence-electron chi connectivity index (χ3n) is 4.14. The summed E-state index contributed by atoms with van der Waals surface area (Å²) in [7, 11) is 3.02. The normalized spacial score (nSPS) is 20.1. The number of thioether (sulfide) groups is 1. The molecule has 1 aromatic rings. The fourth-order valence-corrected chi connectivity index (χ4v) is 3.97. The van der Waals surface area contributed by atoms with Gasteiger partial charge in [-0.2, -0.15) is 0 Å². The molecule has 7 nitrogen and oxygen atoms in total. The highest BCUT2D eigenvalue weighted by atomic mass is 32.2. The molecule has 2 atom stereocenters. The summed E-state index contributed by atoms with van der Waals surface area (Å²) in [6.45, 7) is 3.50. The van der Waals surface area contributed by atoms with Gasteiger partial charge in [-0.05, 0) is 25.0 Å². The lowest BCUT2D eigenvalue weighted by Gasteiger charge is -2.34. The maximum Gasteiger partial charge on any atom is 0.244 e. The molecule has 0 radical (unpaired) electrons. The van der Waals surface area contributed by atoms with Gasteiger partial charge in [0, 0.05) is 6.07 Å². The molecule has 1 aliphatic heterocycles. The quantitative estimate of drug-likeness (QED) is 0.731. The lowest BCUT2D eigenvalue weighted by atomic mass is 10.2. The van der Waals surface area contributed by atoms with Crippen LogP contribution in [0, 0.1) is 0 Å². The van der Waals surface area contributed by atoms with Crippen molar-refractivity contribution in [2.75, 3.05) is 26.1 Å². The van der Waals surface area contributed by atoms with Crippen LogP contribution >= 0.6 is 11.8 Å². The predicted octanol–water partition coefficient (Wildman–Crippen LogP) is 2.30. The largest absolute Gasteiger partial charge is 0.497 e. The average Bonchev–Trinajstić information content (AvgIpc) is 2.65. The van der Waals surface area contributed by atoms with Gasteiger partial charge in [0.1, 0.15) is 18.0 Å². The highest BCUT2D eigenvalue weighted by Gasteiger charge is 2.40. The predicted molar refractivity (Wildman–Crippen MR) is 101 cm³/mol. The number of anilines is 1. The molecule has 2 rings (SSSR count). The van der Waals surface area contributed by atoms with E-state index in [9.17, 15) is 14.4 Å². The summed E-state index contributed by atoms with van der Waals surface area (Å²) in [4.78, 5) is 38.5. The number of ether oxygens (including phenoxy) is 2. The van der Waals surface area contributed by atoms with E-state index in [2.05, 4.69) is 5.32 Å². The monoisotopic (exact) mass is 380 g/mol. The molecule has 0 aliphatic carbocycles. The summed E-state index contributed by atoms with van der Waals surface area (Å²) >= 11 is 1.39. The minimum atomic E-state index is -0.452. The molecule has 0 spiro atoms. The van der Waals surface area contributed by atoms with Crippen molar-refractivity contribution < 1.29 is 23.9 Å². The molecule has 8 heteroatoms. The second-order valence-electron chi connectivity index (χ2n) is 5.81. The smallest absolute Gasteiger partial charge is 0.244 e. The van der Waals surface area contributed by atoms with E-state index < -0.39 is 5.91 Å². The molecule has 26 heavy (non-hydrogen) atoms. The standard InChI is InChI=1S/C18H24N2O5S/c1-5-14-17(22)20(18(23)15(6-2)26-14)10-16(21)19-12-8-7-11(24-3)9-13(12)25-4/h7-9,14-15H,5-6,10H2,1-4H3,(H,19,21)/t14-,15-/m0/s1. The topological polar surface area (TPSA) is 84.9 Å². The summed E-state index contributed by atoms with van der Waals surface area (Å²) in [5.74, 6) is -0.0304. The summed E-state index contributed by atoms with van der Waals surface area (Å²) in [6, 6.07) is 4.98. The molecule has 0 unspecified atom stereocenters. The van der Waals surface area contributed by atoms with Crippen LogP contribution in [-0.4, -0.2) is 53.9 Å². The van der Waals surface area contributed by atoms with Crippen LogP contribution in [0.25, 0.3) is 0 Å². The van der Waals surface area contributed by atoms with Crippen molar-refractivity contribution in [2.24, 2.45) is 0 Å². The number of methoxy groups -OCH3 is 2. The van der Waals surface area contributed by atoms with E-state index in [-0.39, 0.29) is 28.9 Å². The lowest BCUT2D eigenvalue weighted by Crippen LogP contribution is -2.53. The van der Waals surface area contributed by atoms with Gasteiger partial charge in [-0.3, -0.25) is 19.3 Å². The number of hydrogen-bond acceptors (Lipinski definition) is 6. The van der Waals surface area contributed by atoms with Crippen LogP contribution in [0.3, 0.4) is 0 Å². The fraction of sp³-hybridized carbons (Fsp3) is 0.500. The van der Waals surface area contributed by atoms with Crippen LogP contribution < -0.4 is 14.8 Å². The number of benzene rings is 1. The van der Waals surface area contributed by atoms with Crippen molar-refractivity contribution in [1.29, 1.82) is 0 Å². The lowest BCUT2D eigenvalue weighted by molar-refractivity contribution is -0.147. The highest BCUT2D eigenvalue weighted by Crippen LogP contribution is 2.32. The Morgan fingerprint density at radius 1 is 1.12 bits per heavy atom. The Labute approximate surface area is 157 Å². The molecule has 1 fully saturated rings.